The molecule has 260 valence electrons. The third-order valence-corrected chi connectivity index (χ3v) is 8.14. The average Bonchev–Trinajstić information content (AvgIpc) is 3.00. The molecule has 3 rings (SSSR count). The first kappa shape index (κ1) is 38.8. The highest BCUT2D eigenvalue weighted by molar-refractivity contribution is 7.89. The molecule has 1 aliphatic carbocycles. The molecular formula is C30H37F7O7S2. The van der Waals surface area contributed by atoms with Crippen molar-refractivity contribution in [1.29, 1.82) is 0 Å². The second kappa shape index (κ2) is 18.8. The Bertz CT molecular complexity index is 1140. The van der Waals surface area contributed by atoms with Crippen molar-refractivity contribution in [1.82, 2.24) is 0 Å². The number of hydrogen-bond donors (Lipinski definition) is 0. The number of alkyl halides is 6. The summed E-state index contributed by atoms with van der Waals surface area (Å²) in [5.74, 6) is -1.59. The van der Waals surface area contributed by atoms with Crippen molar-refractivity contribution in [3.05, 3.63) is 70.5 Å². The van der Waals surface area contributed by atoms with Gasteiger partial charge in [-0.2, -0.15) is 26.3 Å². The molecule has 7 nitrogen and oxygen atoms in total. The Labute approximate surface area is 272 Å². The van der Waals surface area contributed by atoms with E-state index in [1.807, 2.05) is 13.8 Å². The summed E-state index contributed by atoms with van der Waals surface area (Å²) in [5.41, 5.74) is -2.50. The minimum atomic E-state index is -5.00. The monoisotopic (exact) mass is 706 g/mol. The number of ether oxygens (including phenoxy) is 1. The van der Waals surface area contributed by atoms with E-state index in [1.54, 1.807) is 12.1 Å². The van der Waals surface area contributed by atoms with E-state index < -0.39 is 47.4 Å². The Morgan fingerprint density at radius 2 is 1.33 bits per heavy atom. The molecule has 5 atom stereocenters. The third-order valence-electron chi connectivity index (χ3n) is 7.37. The Kier molecular flexibility index (Phi) is 15.9. The molecule has 0 radical (unpaired) electrons. The van der Waals surface area contributed by atoms with Crippen LogP contribution in [0.2, 0.25) is 0 Å². The SMILES string of the molecule is CCCOOSOC[C@H]1CC[C@H](O[C@@H](C)c2cc(C(F)(F)F)cc(C(F)(F)F)c2)[C@@H](c2ccc(F)cc2)[C@@H]1COSOOCCC. The van der Waals surface area contributed by atoms with Crippen LogP contribution in [0.4, 0.5) is 30.7 Å². The zero-order valence-electron chi connectivity index (χ0n) is 25.4. The summed E-state index contributed by atoms with van der Waals surface area (Å²) in [6.07, 6.45) is -9.56. The molecule has 16 heteroatoms. The van der Waals surface area contributed by atoms with Crippen molar-refractivity contribution in [3.8, 4) is 0 Å². The van der Waals surface area contributed by atoms with E-state index in [4.69, 9.17) is 31.5 Å². The number of halogens is 7. The largest absolute Gasteiger partial charge is 0.416 e. The van der Waals surface area contributed by atoms with Crippen LogP contribution in [0.1, 0.15) is 80.7 Å². The van der Waals surface area contributed by atoms with Gasteiger partial charge >= 0.3 is 12.4 Å². The van der Waals surface area contributed by atoms with Crippen LogP contribution in [-0.4, -0.2) is 32.5 Å². The molecule has 0 unspecified atom stereocenters. The Balaban J connectivity index is 1.90. The standard InChI is InChI=1S/C30H37F7O7S2/c1-4-12-38-43-45-40-17-21-8-11-27(42-19(3)22-14-23(29(32,33)34)16-24(15-22)30(35,36)37)28(20-6-9-25(31)10-7-20)26(21)18-41-46-44-39-13-5-2/h6-7,9-10,14-16,19,21,26-28H,4-5,8,11-13,17-18H2,1-3H3/t19-,21+,26+,27-,28-/m0/s1. The summed E-state index contributed by atoms with van der Waals surface area (Å²) in [5, 5.41) is 0. The molecule has 46 heavy (non-hydrogen) atoms. The fraction of sp³-hybridized carbons (Fsp3) is 0.600. The van der Waals surface area contributed by atoms with E-state index in [1.165, 1.54) is 19.1 Å². The van der Waals surface area contributed by atoms with Gasteiger partial charge in [-0.1, -0.05) is 26.0 Å². The quantitative estimate of drug-likeness (QED) is 0.0496. The van der Waals surface area contributed by atoms with Gasteiger partial charge in [-0.3, -0.25) is 8.37 Å². The molecule has 1 fully saturated rings. The van der Waals surface area contributed by atoms with E-state index in [9.17, 15) is 30.7 Å². The summed E-state index contributed by atoms with van der Waals surface area (Å²) in [4.78, 5) is 9.94. The molecular weight excluding hydrogens is 669 g/mol. The average molecular weight is 707 g/mol. The van der Waals surface area contributed by atoms with Crippen LogP contribution in [0.25, 0.3) is 0 Å². The zero-order chi connectivity index (χ0) is 33.7. The zero-order valence-corrected chi connectivity index (χ0v) is 27.0. The normalized spacial score (nSPS) is 21.4. The van der Waals surface area contributed by atoms with Crippen molar-refractivity contribution in [2.75, 3.05) is 26.4 Å². The lowest BCUT2D eigenvalue weighted by Gasteiger charge is -2.43. The molecule has 0 aromatic heterocycles. The first-order valence-corrected chi connectivity index (χ1v) is 16.0. The van der Waals surface area contributed by atoms with E-state index in [0.29, 0.717) is 74.8 Å². The van der Waals surface area contributed by atoms with Crippen LogP contribution in [0, 0.1) is 17.7 Å². The van der Waals surface area contributed by atoms with E-state index in [2.05, 4.69) is 0 Å². The second-order valence-electron chi connectivity index (χ2n) is 10.7. The van der Waals surface area contributed by atoms with Crippen molar-refractivity contribution in [2.45, 2.75) is 76.9 Å². The van der Waals surface area contributed by atoms with Gasteiger partial charge in [0, 0.05) is 5.92 Å². The van der Waals surface area contributed by atoms with Crippen LogP contribution < -0.4 is 0 Å². The minimum Gasteiger partial charge on any atom is -0.370 e. The van der Waals surface area contributed by atoms with Crippen molar-refractivity contribution in [2.24, 2.45) is 11.8 Å². The number of rotatable bonds is 18. The van der Waals surface area contributed by atoms with Crippen molar-refractivity contribution in [3.63, 3.8) is 0 Å². The predicted molar refractivity (Wildman–Crippen MR) is 157 cm³/mol. The minimum absolute atomic E-state index is 0.0596. The van der Waals surface area contributed by atoms with Gasteiger partial charge in [0.1, 0.15) is 5.82 Å². The van der Waals surface area contributed by atoms with Gasteiger partial charge in [-0.05, 0) is 85.9 Å². The maximum Gasteiger partial charge on any atom is 0.416 e. The first-order valence-electron chi connectivity index (χ1n) is 14.7. The molecule has 2 aromatic rings. The molecule has 0 spiro atoms. The molecule has 0 N–H and O–H groups in total. The van der Waals surface area contributed by atoms with E-state index in [0.717, 1.165) is 6.42 Å². The summed E-state index contributed by atoms with van der Waals surface area (Å²) >= 11 is 1.28. The smallest absolute Gasteiger partial charge is 0.370 e. The van der Waals surface area contributed by atoms with Gasteiger partial charge in [-0.25, -0.2) is 14.2 Å². The molecule has 0 amide bonds. The molecule has 1 saturated carbocycles. The number of benzene rings is 2. The molecule has 0 saturated heterocycles. The lowest BCUT2D eigenvalue weighted by atomic mass is 9.68. The molecule has 0 aliphatic heterocycles. The highest BCUT2D eigenvalue weighted by Crippen LogP contribution is 2.46. The van der Waals surface area contributed by atoms with Gasteiger partial charge in [0.2, 0.25) is 0 Å². The van der Waals surface area contributed by atoms with Crippen LogP contribution in [0.3, 0.4) is 0 Å². The highest BCUT2D eigenvalue weighted by atomic mass is 32.2. The van der Waals surface area contributed by atoms with Gasteiger partial charge in [0.15, 0.2) is 24.6 Å². The summed E-state index contributed by atoms with van der Waals surface area (Å²) in [6.45, 7) is 6.15. The van der Waals surface area contributed by atoms with Crippen LogP contribution in [0.5, 0.6) is 0 Å². The lowest BCUT2D eigenvalue weighted by Crippen LogP contribution is -2.41. The van der Waals surface area contributed by atoms with Gasteiger partial charge in [0.25, 0.3) is 0 Å². The first-order chi connectivity index (χ1) is 21.8. The number of hydrogen-bond acceptors (Lipinski definition) is 9. The Hall–Kier alpha value is -1.63. The lowest BCUT2D eigenvalue weighted by molar-refractivity contribution is -0.197. The third kappa shape index (κ3) is 12.1. The molecule has 2 aromatic carbocycles. The second-order valence-corrected chi connectivity index (χ2v) is 11.7. The molecule has 1 aliphatic rings. The summed E-state index contributed by atoms with van der Waals surface area (Å²) in [7, 11) is 0. The van der Waals surface area contributed by atoms with Crippen LogP contribution >= 0.6 is 24.6 Å². The van der Waals surface area contributed by atoms with Gasteiger partial charge in [0.05, 0.1) is 49.8 Å². The molecule has 0 bridgehead atoms. The fourth-order valence-corrected chi connectivity index (χ4v) is 5.91. The van der Waals surface area contributed by atoms with E-state index in [-0.39, 0.29) is 36.7 Å². The Morgan fingerprint density at radius 3 is 1.85 bits per heavy atom. The maximum absolute atomic E-state index is 13.9. The summed E-state index contributed by atoms with van der Waals surface area (Å²) < 4.78 is 123. The van der Waals surface area contributed by atoms with Crippen molar-refractivity contribution >= 4 is 24.6 Å². The van der Waals surface area contributed by atoms with Gasteiger partial charge < -0.3 is 4.74 Å². The van der Waals surface area contributed by atoms with E-state index >= 15 is 0 Å². The maximum atomic E-state index is 13.9. The van der Waals surface area contributed by atoms with Crippen LogP contribution in [-0.2, 0) is 43.9 Å². The fourth-order valence-electron chi connectivity index (χ4n) is 5.18. The van der Waals surface area contributed by atoms with Crippen LogP contribution in [0.15, 0.2) is 42.5 Å². The highest BCUT2D eigenvalue weighted by Gasteiger charge is 2.43. The van der Waals surface area contributed by atoms with Crippen molar-refractivity contribution < 1.29 is 62.3 Å². The Morgan fingerprint density at radius 1 is 0.783 bits per heavy atom. The summed E-state index contributed by atoms with van der Waals surface area (Å²) in [6, 6.07) is 7.06. The van der Waals surface area contributed by atoms with Gasteiger partial charge in [-0.15, -0.1) is 8.67 Å². The molecule has 0 heterocycles. The topological polar surface area (TPSA) is 64.6 Å². The predicted octanol–water partition coefficient (Wildman–Crippen LogP) is 10.00.